The fourth-order valence-corrected chi connectivity index (χ4v) is 3.63. The van der Waals surface area contributed by atoms with Gasteiger partial charge in [-0.1, -0.05) is 6.92 Å². The van der Waals surface area contributed by atoms with Crippen molar-refractivity contribution in [3.05, 3.63) is 28.7 Å². The quantitative estimate of drug-likeness (QED) is 0.810. The highest BCUT2D eigenvalue weighted by atomic mass is 19.1. The van der Waals surface area contributed by atoms with E-state index >= 15 is 4.39 Å². The summed E-state index contributed by atoms with van der Waals surface area (Å²) in [4.78, 5) is 37.6. The van der Waals surface area contributed by atoms with E-state index in [1.807, 2.05) is 6.92 Å². The van der Waals surface area contributed by atoms with Crippen LogP contribution in [0, 0.1) is 11.8 Å². The van der Waals surface area contributed by atoms with Crippen molar-refractivity contribution < 1.29 is 18.7 Å². The first-order valence-corrected chi connectivity index (χ1v) is 8.92. The van der Waals surface area contributed by atoms with E-state index < -0.39 is 23.6 Å². The SMILES string of the molecule is CCCn1cc(NC(=O)N2CC(C3CC3)C(F)(C(=O)OC)C2)ccc1=O. The summed E-state index contributed by atoms with van der Waals surface area (Å²) in [6.07, 6.45) is 4.09. The Balaban J connectivity index is 1.73. The summed E-state index contributed by atoms with van der Waals surface area (Å²) in [7, 11) is 1.16. The van der Waals surface area contributed by atoms with E-state index in [4.69, 9.17) is 0 Å². The molecule has 8 heteroatoms. The molecule has 1 aliphatic heterocycles. The monoisotopic (exact) mass is 365 g/mol. The topological polar surface area (TPSA) is 80.6 Å². The fraction of sp³-hybridized carbons (Fsp3) is 0.611. The number of alkyl halides is 1. The van der Waals surface area contributed by atoms with Gasteiger partial charge in [-0.15, -0.1) is 0 Å². The number of likely N-dealkylation sites (tertiary alicyclic amines) is 1. The van der Waals surface area contributed by atoms with E-state index in [2.05, 4.69) is 10.1 Å². The zero-order valence-corrected chi connectivity index (χ0v) is 15.0. The summed E-state index contributed by atoms with van der Waals surface area (Å²) in [5.74, 6) is -1.33. The number of pyridine rings is 1. The summed E-state index contributed by atoms with van der Waals surface area (Å²) in [5.41, 5.74) is -1.84. The van der Waals surface area contributed by atoms with E-state index in [1.165, 1.54) is 21.6 Å². The van der Waals surface area contributed by atoms with Gasteiger partial charge in [-0.05, 0) is 31.2 Å². The number of rotatable bonds is 5. The van der Waals surface area contributed by atoms with Gasteiger partial charge in [-0.25, -0.2) is 14.0 Å². The molecular formula is C18H24FN3O4. The van der Waals surface area contributed by atoms with E-state index in [1.54, 1.807) is 6.20 Å². The van der Waals surface area contributed by atoms with Crippen molar-refractivity contribution in [1.82, 2.24) is 9.47 Å². The summed E-state index contributed by atoms with van der Waals surface area (Å²) >= 11 is 0. The number of aryl methyl sites for hydroxylation is 1. The van der Waals surface area contributed by atoms with Gasteiger partial charge in [0.2, 0.25) is 5.67 Å². The number of ether oxygens (including phenoxy) is 1. The van der Waals surface area contributed by atoms with E-state index in [0.717, 1.165) is 26.4 Å². The van der Waals surface area contributed by atoms with Gasteiger partial charge in [-0.3, -0.25) is 4.79 Å². The number of methoxy groups -OCH3 is 1. The van der Waals surface area contributed by atoms with Crippen molar-refractivity contribution in [2.24, 2.45) is 11.8 Å². The number of amides is 2. The minimum absolute atomic E-state index is 0.114. The van der Waals surface area contributed by atoms with Crippen molar-refractivity contribution in [1.29, 1.82) is 0 Å². The molecule has 1 saturated heterocycles. The Morgan fingerprint density at radius 2 is 2.12 bits per heavy atom. The molecule has 0 bridgehead atoms. The number of anilines is 1. The van der Waals surface area contributed by atoms with Gasteiger partial charge in [-0.2, -0.15) is 0 Å². The number of carbonyl (C=O) groups is 2. The minimum atomic E-state index is -2.16. The third-order valence-corrected chi connectivity index (χ3v) is 5.13. The van der Waals surface area contributed by atoms with Crippen LogP contribution in [0.5, 0.6) is 0 Å². The predicted octanol–water partition coefficient (Wildman–Crippen LogP) is 2.01. The third kappa shape index (κ3) is 3.45. The molecule has 2 atom stereocenters. The molecule has 1 aromatic rings. The number of aromatic nitrogens is 1. The number of nitrogens with zero attached hydrogens (tertiary/aromatic N) is 2. The van der Waals surface area contributed by atoms with Crippen LogP contribution in [0.3, 0.4) is 0 Å². The highest BCUT2D eigenvalue weighted by molar-refractivity contribution is 5.91. The molecule has 0 spiro atoms. The largest absolute Gasteiger partial charge is 0.467 e. The Bertz CT molecular complexity index is 761. The first-order valence-electron chi connectivity index (χ1n) is 8.92. The third-order valence-electron chi connectivity index (χ3n) is 5.13. The zero-order chi connectivity index (χ0) is 18.9. The van der Waals surface area contributed by atoms with E-state index in [0.29, 0.717) is 12.2 Å². The van der Waals surface area contributed by atoms with Crippen LogP contribution in [-0.4, -0.2) is 47.3 Å². The number of hydrogen-bond acceptors (Lipinski definition) is 4. The lowest BCUT2D eigenvalue weighted by Gasteiger charge is -2.22. The molecule has 2 unspecified atom stereocenters. The standard InChI is InChI=1S/C18H24FN3O4/c1-3-8-21-9-13(6-7-15(21)23)20-17(25)22-10-14(12-4-5-12)18(19,11-22)16(24)26-2/h6-7,9,12,14H,3-5,8,10-11H2,1-2H3,(H,20,25). The maximum Gasteiger partial charge on any atom is 0.345 e. The molecule has 1 saturated carbocycles. The lowest BCUT2D eigenvalue weighted by molar-refractivity contribution is -0.156. The van der Waals surface area contributed by atoms with Gasteiger partial charge in [0, 0.05) is 31.3 Å². The summed E-state index contributed by atoms with van der Waals surface area (Å²) < 4.78 is 21.4. The molecule has 2 fully saturated rings. The summed E-state index contributed by atoms with van der Waals surface area (Å²) in [6, 6.07) is 2.42. The molecule has 142 valence electrons. The smallest absolute Gasteiger partial charge is 0.345 e. The average Bonchev–Trinajstić information content (AvgIpc) is 3.39. The van der Waals surface area contributed by atoms with E-state index in [9.17, 15) is 14.4 Å². The molecule has 7 nitrogen and oxygen atoms in total. The second kappa shape index (κ2) is 7.09. The Hall–Kier alpha value is -2.38. The van der Waals surface area contributed by atoms with Gasteiger partial charge < -0.3 is 19.5 Å². The number of esters is 1. The Morgan fingerprint density at radius 1 is 1.38 bits per heavy atom. The number of carbonyl (C=O) groups excluding carboxylic acids is 2. The highest BCUT2D eigenvalue weighted by Crippen LogP contribution is 2.48. The van der Waals surface area contributed by atoms with Crippen LogP contribution in [0.1, 0.15) is 26.2 Å². The first kappa shape index (κ1) is 18.4. The minimum Gasteiger partial charge on any atom is -0.467 e. The first-order chi connectivity index (χ1) is 12.4. The second-order valence-electron chi connectivity index (χ2n) is 7.06. The molecule has 2 amide bonds. The zero-order valence-electron chi connectivity index (χ0n) is 15.0. The lowest BCUT2D eigenvalue weighted by Crippen LogP contribution is -2.44. The highest BCUT2D eigenvalue weighted by Gasteiger charge is 2.59. The Kier molecular flexibility index (Phi) is 5.02. The van der Waals surface area contributed by atoms with Gasteiger partial charge in [0.05, 0.1) is 19.3 Å². The van der Waals surface area contributed by atoms with Crippen LogP contribution in [0.4, 0.5) is 14.9 Å². The Labute approximate surface area is 151 Å². The number of nitrogens with one attached hydrogen (secondary N) is 1. The molecule has 1 aliphatic carbocycles. The van der Waals surface area contributed by atoms with Crippen LogP contribution in [-0.2, 0) is 16.1 Å². The maximum atomic E-state index is 15.3. The van der Waals surface area contributed by atoms with Gasteiger partial charge >= 0.3 is 12.0 Å². The van der Waals surface area contributed by atoms with Crippen LogP contribution in [0.25, 0.3) is 0 Å². The molecule has 2 heterocycles. The molecule has 0 aromatic carbocycles. The van der Waals surface area contributed by atoms with Crippen molar-refractivity contribution in [3.8, 4) is 0 Å². The molecule has 3 rings (SSSR count). The molecule has 2 aliphatic rings. The fourth-order valence-electron chi connectivity index (χ4n) is 3.63. The van der Waals surface area contributed by atoms with Gasteiger partial charge in [0.1, 0.15) is 0 Å². The van der Waals surface area contributed by atoms with Crippen LogP contribution < -0.4 is 10.9 Å². The molecular weight excluding hydrogens is 341 g/mol. The lowest BCUT2D eigenvalue weighted by atomic mass is 9.88. The average molecular weight is 365 g/mol. The van der Waals surface area contributed by atoms with E-state index in [-0.39, 0.29) is 24.6 Å². The second-order valence-corrected chi connectivity index (χ2v) is 7.06. The maximum absolute atomic E-state index is 15.3. The van der Waals surface area contributed by atoms with Gasteiger partial charge in [0.15, 0.2) is 0 Å². The van der Waals surface area contributed by atoms with Crippen molar-refractivity contribution in [2.75, 3.05) is 25.5 Å². The number of halogens is 1. The number of hydrogen-bond donors (Lipinski definition) is 1. The Morgan fingerprint density at radius 3 is 2.73 bits per heavy atom. The van der Waals surface area contributed by atoms with Crippen molar-refractivity contribution in [3.63, 3.8) is 0 Å². The normalized spacial score (nSPS) is 25.2. The summed E-state index contributed by atoms with van der Waals surface area (Å²) in [5, 5.41) is 2.69. The molecule has 0 radical (unpaired) electrons. The molecule has 26 heavy (non-hydrogen) atoms. The molecule has 1 aromatic heterocycles. The van der Waals surface area contributed by atoms with Gasteiger partial charge in [0.25, 0.3) is 5.56 Å². The van der Waals surface area contributed by atoms with Crippen LogP contribution in [0.15, 0.2) is 23.1 Å². The number of urea groups is 1. The van der Waals surface area contributed by atoms with Crippen molar-refractivity contribution in [2.45, 2.75) is 38.4 Å². The summed E-state index contributed by atoms with van der Waals surface area (Å²) in [6.45, 7) is 2.36. The van der Waals surface area contributed by atoms with Crippen molar-refractivity contribution >= 4 is 17.7 Å². The molecule has 1 N–H and O–H groups in total. The van der Waals surface area contributed by atoms with Crippen LogP contribution in [0.2, 0.25) is 0 Å². The predicted molar refractivity (Wildman–Crippen MR) is 93.7 cm³/mol. The van der Waals surface area contributed by atoms with Crippen LogP contribution >= 0.6 is 0 Å².